The van der Waals surface area contributed by atoms with Gasteiger partial charge in [-0.1, -0.05) is 11.3 Å². The van der Waals surface area contributed by atoms with E-state index >= 15 is 0 Å². The second kappa shape index (κ2) is 6.97. The first-order valence-corrected chi connectivity index (χ1v) is 8.10. The molecular formula is C16H18N2O4S. The number of hydrogen-bond acceptors (Lipinski definition) is 7. The van der Waals surface area contributed by atoms with Crippen molar-refractivity contribution in [2.45, 2.75) is 0 Å². The zero-order chi connectivity index (χ0) is 16.2. The van der Waals surface area contributed by atoms with Crippen LogP contribution in [-0.4, -0.2) is 45.5 Å². The van der Waals surface area contributed by atoms with Crippen LogP contribution in [0.5, 0.6) is 11.5 Å². The van der Waals surface area contributed by atoms with Gasteiger partial charge in [-0.2, -0.15) is 4.98 Å². The molecule has 1 aromatic heterocycles. The molecular weight excluding hydrogens is 316 g/mol. The van der Waals surface area contributed by atoms with Gasteiger partial charge in [0, 0.05) is 24.0 Å². The summed E-state index contributed by atoms with van der Waals surface area (Å²) in [7, 11) is 3.19. The first kappa shape index (κ1) is 15.8. The summed E-state index contributed by atoms with van der Waals surface area (Å²) in [5.41, 5.74) is 0.664. The molecule has 0 aliphatic carbocycles. The molecule has 1 fully saturated rings. The van der Waals surface area contributed by atoms with Crippen molar-refractivity contribution in [1.29, 1.82) is 0 Å². The van der Waals surface area contributed by atoms with Crippen LogP contribution in [0, 0.1) is 0 Å². The van der Waals surface area contributed by atoms with Gasteiger partial charge in [0.25, 0.3) is 5.56 Å². The van der Waals surface area contributed by atoms with E-state index in [1.807, 2.05) is 18.2 Å². The first-order chi connectivity index (χ1) is 11.2. The number of aromatic nitrogens is 1. The molecule has 0 radical (unpaired) electrons. The lowest BCUT2D eigenvalue weighted by Crippen LogP contribution is -2.37. The molecule has 122 valence electrons. The van der Waals surface area contributed by atoms with Crippen molar-refractivity contribution in [1.82, 2.24) is 4.98 Å². The van der Waals surface area contributed by atoms with Crippen LogP contribution in [0.25, 0.3) is 10.4 Å². The van der Waals surface area contributed by atoms with Crippen LogP contribution in [0.15, 0.2) is 29.1 Å². The van der Waals surface area contributed by atoms with Crippen molar-refractivity contribution in [3.63, 3.8) is 0 Å². The van der Waals surface area contributed by atoms with Crippen LogP contribution in [0.3, 0.4) is 0 Å². The van der Waals surface area contributed by atoms with Gasteiger partial charge in [-0.15, -0.1) is 0 Å². The molecule has 2 heterocycles. The van der Waals surface area contributed by atoms with E-state index in [1.54, 1.807) is 20.3 Å². The highest BCUT2D eigenvalue weighted by Gasteiger charge is 2.16. The Labute approximate surface area is 138 Å². The van der Waals surface area contributed by atoms with Crippen LogP contribution in [0.1, 0.15) is 0 Å². The highest BCUT2D eigenvalue weighted by atomic mass is 32.1. The Kier molecular flexibility index (Phi) is 4.78. The monoisotopic (exact) mass is 334 g/mol. The standard InChI is InChI=1S/C16H18N2O4S/c1-20-12-4-3-11(9-13(12)21-2)14-10-15(19)17-16(23-14)18-5-7-22-8-6-18/h3-4,9-10H,5-8H2,1-2H3. The summed E-state index contributed by atoms with van der Waals surface area (Å²) in [6.45, 7) is 2.81. The normalized spacial score (nSPS) is 14.6. The molecule has 1 aromatic carbocycles. The highest BCUT2D eigenvalue weighted by Crippen LogP contribution is 2.35. The van der Waals surface area contributed by atoms with Crippen LogP contribution in [0.4, 0.5) is 5.13 Å². The SMILES string of the molecule is COc1ccc(-c2cc(=O)nc(N3CCOCC3)s2)cc1OC. The Morgan fingerprint density at radius 2 is 1.87 bits per heavy atom. The lowest BCUT2D eigenvalue weighted by atomic mass is 10.1. The molecule has 0 N–H and O–H groups in total. The predicted molar refractivity (Wildman–Crippen MR) is 90.0 cm³/mol. The van der Waals surface area contributed by atoms with E-state index in [0.717, 1.165) is 28.7 Å². The first-order valence-electron chi connectivity index (χ1n) is 7.28. The Morgan fingerprint density at radius 1 is 1.13 bits per heavy atom. The second-order valence-corrected chi connectivity index (χ2v) is 6.02. The minimum absolute atomic E-state index is 0.241. The van der Waals surface area contributed by atoms with Gasteiger partial charge in [0.2, 0.25) is 0 Å². The van der Waals surface area contributed by atoms with E-state index in [9.17, 15) is 4.79 Å². The number of ether oxygens (including phenoxy) is 3. The van der Waals surface area contributed by atoms with Crippen molar-refractivity contribution in [2.24, 2.45) is 0 Å². The number of anilines is 1. The Bertz CT molecular complexity index is 741. The van der Waals surface area contributed by atoms with E-state index in [2.05, 4.69) is 9.88 Å². The van der Waals surface area contributed by atoms with Crippen LogP contribution < -0.4 is 19.9 Å². The van der Waals surface area contributed by atoms with Crippen molar-refractivity contribution >= 4 is 16.5 Å². The highest BCUT2D eigenvalue weighted by molar-refractivity contribution is 7.18. The fraction of sp³-hybridized carbons (Fsp3) is 0.375. The summed E-state index contributed by atoms with van der Waals surface area (Å²) in [4.78, 5) is 19.1. The van der Waals surface area contributed by atoms with Gasteiger partial charge in [0.1, 0.15) is 0 Å². The lowest BCUT2D eigenvalue weighted by molar-refractivity contribution is 0.122. The summed E-state index contributed by atoms with van der Waals surface area (Å²) < 4.78 is 15.9. The molecule has 0 atom stereocenters. The summed E-state index contributed by atoms with van der Waals surface area (Å²) in [6.07, 6.45) is 0. The maximum absolute atomic E-state index is 12.0. The molecule has 0 saturated carbocycles. The Morgan fingerprint density at radius 3 is 2.57 bits per heavy atom. The molecule has 1 saturated heterocycles. The third-order valence-corrected chi connectivity index (χ3v) is 4.72. The zero-order valence-electron chi connectivity index (χ0n) is 13.1. The molecule has 1 aliphatic rings. The van der Waals surface area contributed by atoms with E-state index in [1.165, 1.54) is 11.3 Å². The average Bonchev–Trinajstić information content (AvgIpc) is 2.61. The average molecular weight is 334 g/mol. The summed E-state index contributed by atoms with van der Waals surface area (Å²) >= 11 is 1.49. The van der Waals surface area contributed by atoms with Crippen molar-refractivity contribution in [3.8, 4) is 21.9 Å². The number of rotatable bonds is 4. The molecule has 0 bridgehead atoms. The van der Waals surface area contributed by atoms with Crippen molar-refractivity contribution < 1.29 is 14.2 Å². The van der Waals surface area contributed by atoms with Crippen LogP contribution >= 0.6 is 11.3 Å². The summed E-state index contributed by atoms with van der Waals surface area (Å²) in [5.74, 6) is 1.29. The second-order valence-electron chi connectivity index (χ2n) is 5.01. The molecule has 1 aliphatic heterocycles. The Balaban J connectivity index is 1.99. The third kappa shape index (κ3) is 3.46. The van der Waals surface area contributed by atoms with E-state index in [4.69, 9.17) is 14.2 Å². The predicted octanol–water partition coefficient (Wildman–Crippen LogP) is 2.02. The van der Waals surface area contributed by atoms with Gasteiger partial charge in [-0.25, -0.2) is 0 Å². The molecule has 0 unspecified atom stereocenters. The van der Waals surface area contributed by atoms with Gasteiger partial charge >= 0.3 is 0 Å². The summed E-state index contributed by atoms with van der Waals surface area (Å²) in [6, 6.07) is 7.17. The minimum Gasteiger partial charge on any atom is -0.493 e. The van der Waals surface area contributed by atoms with Gasteiger partial charge in [-0.05, 0) is 23.8 Å². The number of hydrogen-bond donors (Lipinski definition) is 0. The fourth-order valence-corrected chi connectivity index (χ4v) is 3.46. The van der Waals surface area contributed by atoms with Crippen LogP contribution in [0.2, 0.25) is 0 Å². The number of morpholine rings is 1. The fourth-order valence-electron chi connectivity index (χ4n) is 2.41. The Hall–Kier alpha value is -2.12. The van der Waals surface area contributed by atoms with Crippen molar-refractivity contribution in [3.05, 3.63) is 34.6 Å². The molecule has 23 heavy (non-hydrogen) atoms. The van der Waals surface area contributed by atoms with E-state index < -0.39 is 0 Å². The van der Waals surface area contributed by atoms with Crippen LogP contribution in [-0.2, 0) is 4.74 Å². The lowest BCUT2D eigenvalue weighted by Gasteiger charge is -2.27. The maximum atomic E-state index is 12.0. The maximum Gasteiger partial charge on any atom is 0.273 e. The number of benzene rings is 1. The zero-order valence-corrected chi connectivity index (χ0v) is 13.9. The van der Waals surface area contributed by atoms with E-state index in [-0.39, 0.29) is 5.56 Å². The third-order valence-electron chi connectivity index (χ3n) is 3.61. The molecule has 7 heteroatoms. The van der Waals surface area contributed by atoms with E-state index in [0.29, 0.717) is 24.7 Å². The molecule has 0 spiro atoms. The smallest absolute Gasteiger partial charge is 0.273 e. The van der Waals surface area contributed by atoms with Gasteiger partial charge in [0.05, 0.1) is 27.4 Å². The van der Waals surface area contributed by atoms with Gasteiger partial charge < -0.3 is 19.1 Å². The van der Waals surface area contributed by atoms with Gasteiger partial charge in [-0.3, -0.25) is 4.79 Å². The quantitative estimate of drug-likeness (QED) is 0.852. The molecule has 6 nitrogen and oxygen atoms in total. The number of nitrogens with zero attached hydrogens (tertiary/aromatic N) is 2. The van der Waals surface area contributed by atoms with Crippen molar-refractivity contribution in [2.75, 3.05) is 45.4 Å². The molecule has 0 amide bonds. The summed E-state index contributed by atoms with van der Waals surface area (Å²) in [5, 5.41) is 0.727. The topological polar surface area (TPSA) is 60.9 Å². The van der Waals surface area contributed by atoms with Gasteiger partial charge in [0.15, 0.2) is 16.6 Å². The largest absolute Gasteiger partial charge is 0.493 e. The minimum atomic E-state index is -0.241. The molecule has 2 aromatic rings. The number of methoxy groups -OCH3 is 2. The molecule has 3 rings (SSSR count).